The maximum Gasteiger partial charge on any atom is 0.264 e. The van der Waals surface area contributed by atoms with E-state index in [1.807, 2.05) is 0 Å². The van der Waals surface area contributed by atoms with E-state index in [0.29, 0.717) is 0 Å². The number of nitrogens with zero attached hydrogens (tertiary/aromatic N) is 1. The van der Waals surface area contributed by atoms with Gasteiger partial charge in [0.25, 0.3) is 5.79 Å². The van der Waals surface area contributed by atoms with Crippen molar-refractivity contribution in [1.29, 1.82) is 0 Å². The van der Waals surface area contributed by atoms with Gasteiger partial charge < -0.3 is 0 Å². The summed E-state index contributed by atoms with van der Waals surface area (Å²) in [5.41, 5.74) is 0. The van der Waals surface area contributed by atoms with Crippen LogP contribution in [0.25, 0.3) is 0 Å². The number of aliphatic imine (C=N–C) groups is 1. The molecule has 0 saturated carbocycles. The Hall–Kier alpha value is -1.28. The zero-order chi connectivity index (χ0) is 8.32. The molecule has 2 atom stereocenters. The number of isocyanates is 1. The molecule has 2 unspecified atom stereocenters. The van der Waals surface area contributed by atoms with Crippen LogP contribution in [0.5, 0.6) is 0 Å². The number of allylic oxidation sites excluding steroid dienone is 2. The number of hydrogen-bond acceptors (Lipinski definition) is 2. The second-order valence-electron chi connectivity index (χ2n) is 2.08. The van der Waals surface area contributed by atoms with E-state index < -0.39 is 12.0 Å². The number of hydrogen-bond donors (Lipinski definition) is 0. The third kappa shape index (κ3) is 1.41. The Labute approximate surface area is 61.9 Å². The fraction of sp³-hybridized carbons (Fsp3) is 0.286. The lowest BCUT2D eigenvalue weighted by molar-refractivity contribution is 0.134. The highest BCUT2D eigenvalue weighted by Crippen LogP contribution is 2.26. The normalized spacial score (nSPS) is 34.9. The number of carbonyl (C=O) groups excluding carboxylic acids is 1. The molecule has 1 aliphatic carbocycles. The van der Waals surface area contributed by atoms with Crippen LogP contribution in [0.2, 0.25) is 0 Å². The molecule has 1 aliphatic rings. The van der Waals surface area contributed by atoms with Crippen LogP contribution in [-0.4, -0.2) is 18.0 Å². The molecule has 58 valence electrons. The lowest BCUT2D eigenvalue weighted by atomic mass is 10.1. The lowest BCUT2D eigenvalue weighted by Crippen LogP contribution is -2.30. The molecule has 0 radical (unpaired) electrons. The van der Waals surface area contributed by atoms with Gasteiger partial charge in [0.2, 0.25) is 6.08 Å². The highest BCUT2D eigenvalue weighted by molar-refractivity contribution is 5.37. The Morgan fingerprint density at radius 2 is 2.27 bits per heavy atom. The van der Waals surface area contributed by atoms with Crippen LogP contribution in [0, 0.1) is 0 Å². The second-order valence-corrected chi connectivity index (χ2v) is 2.08. The van der Waals surface area contributed by atoms with Gasteiger partial charge in [-0.2, -0.15) is 4.99 Å². The Morgan fingerprint density at radius 1 is 1.55 bits per heavy atom. The maximum absolute atomic E-state index is 13.0. The molecule has 0 aromatic heterocycles. The molecule has 0 aromatic rings. The molecule has 0 amide bonds. The van der Waals surface area contributed by atoms with E-state index in [1.54, 1.807) is 0 Å². The molecule has 0 aromatic carbocycles. The van der Waals surface area contributed by atoms with Crippen molar-refractivity contribution in [3.63, 3.8) is 0 Å². The molecule has 11 heavy (non-hydrogen) atoms. The fourth-order valence-corrected chi connectivity index (χ4v) is 0.748. The molecule has 0 fully saturated rings. The van der Waals surface area contributed by atoms with Crippen molar-refractivity contribution >= 4 is 6.08 Å². The van der Waals surface area contributed by atoms with Gasteiger partial charge in [-0.1, -0.05) is 12.2 Å². The largest absolute Gasteiger partial charge is 0.264 e. The van der Waals surface area contributed by atoms with Gasteiger partial charge in [0.05, 0.1) is 0 Å². The molecule has 0 bridgehead atoms. The van der Waals surface area contributed by atoms with Crippen molar-refractivity contribution in [2.24, 2.45) is 4.99 Å². The van der Waals surface area contributed by atoms with Gasteiger partial charge in [-0.05, 0) is 12.2 Å². The molecular formula is C7H5F2NO. The summed E-state index contributed by atoms with van der Waals surface area (Å²) in [6, 6.07) is 0. The summed E-state index contributed by atoms with van der Waals surface area (Å²) >= 11 is 0. The standard InChI is InChI=1S/C7H5F2NO/c8-6-3-1-2-4-7(6,9)10-5-11/h1-4,6H. The summed E-state index contributed by atoms with van der Waals surface area (Å²) in [4.78, 5) is 12.4. The third-order valence-electron chi connectivity index (χ3n) is 1.32. The number of halogens is 2. The van der Waals surface area contributed by atoms with Crippen molar-refractivity contribution in [2.45, 2.75) is 12.0 Å². The monoisotopic (exact) mass is 157 g/mol. The highest BCUT2D eigenvalue weighted by Gasteiger charge is 2.36. The van der Waals surface area contributed by atoms with Crippen LogP contribution in [0.1, 0.15) is 0 Å². The van der Waals surface area contributed by atoms with Crippen LogP contribution in [0.15, 0.2) is 29.3 Å². The van der Waals surface area contributed by atoms with Gasteiger partial charge in [-0.3, -0.25) is 0 Å². The zero-order valence-corrected chi connectivity index (χ0v) is 5.50. The van der Waals surface area contributed by atoms with E-state index in [-0.39, 0.29) is 0 Å². The Bertz CT molecular complexity index is 255. The topological polar surface area (TPSA) is 29.4 Å². The smallest absolute Gasteiger partial charge is 0.237 e. The first-order valence-electron chi connectivity index (χ1n) is 2.97. The van der Waals surface area contributed by atoms with Gasteiger partial charge in [-0.25, -0.2) is 13.6 Å². The van der Waals surface area contributed by atoms with Crippen molar-refractivity contribution in [2.75, 3.05) is 0 Å². The number of rotatable bonds is 1. The Kier molecular flexibility index (Phi) is 1.96. The first kappa shape index (κ1) is 7.82. The second kappa shape index (κ2) is 2.76. The SMILES string of the molecule is O=C=NC1(F)C=CC=CC1F. The first-order chi connectivity index (χ1) is 5.19. The van der Waals surface area contributed by atoms with Gasteiger partial charge in [0.1, 0.15) is 0 Å². The van der Waals surface area contributed by atoms with E-state index in [1.165, 1.54) is 12.2 Å². The minimum atomic E-state index is -2.55. The van der Waals surface area contributed by atoms with Gasteiger partial charge >= 0.3 is 0 Å². The molecule has 0 aliphatic heterocycles. The average Bonchev–Trinajstić information content (AvgIpc) is 1.96. The maximum atomic E-state index is 13.0. The molecule has 0 heterocycles. The molecule has 4 heteroatoms. The summed E-state index contributed by atoms with van der Waals surface area (Å²) in [5, 5.41) is 0. The molecular weight excluding hydrogens is 152 g/mol. The van der Waals surface area contributed by atoms with Crippen molar-refractivity contribution in [3.8, 4) is 0 Å². The van der Waals surface area contributed by atoms with Crippen LogP contribution in [0.4, 0.5) is 8.78 Å². The molecule has 0 spiro atoms. The fourth-order valence-electron chi connectivity index (χ4n) is 0.748. The molecule has 2 nitrogen and oxygen atoms in total. The number of alkyl halides is 2. The quantitative estimate of drug-likeness (QED) is 0.322. The predicted octanol–water partition coefficient (Wildman–Crippen LogP) is 1.45. The van der Waals surface area contributed by atoms with Gasteiger partial charge in [0.15, 0.2) is 6.17 Å². The molecule has 1 rings (SSSR count). The van der Waals surface area contributed by atoms with Crippen LogP contribution in [0.3, 0.4) is 0 Å². The first-order valence-corrected chi connectivity index (χ1v) is 2.97. The van der Waals surface area contributed by atoms with E-state index in [4.69, 9.17) is 0 Å². The van der Waals surface area contributed by atoms with E-state index >= 15 is 0 Å². The van der Waals surface area contributed by atoms with E-state index in [2.05, 4.69) is 4.99 Å². The summed E-state index contributed by atoms with van der Waals surface area (Å²) < 4.78 is 25.7. The minimum absolute atomic E-state index is 0.878. The van der Waals surface area contributed by atoms with Crippen molar-refractivity contribution in [3.05, 3.63) is 24.3 Å². The molecule has 0 saturated heterocycles. The van der Waals surface area contributed by atoms with Crippen LogP contribution < -0.4 is 0 Å². The Morgan fingerprint density at radius 3 is 2.82 bits per heavy atom. The summed E-state index contributed by atoms with van der Waals surface area (Å²) in [6.07, 6.45) is 3.59. The highest BCUT2D eigenvalue weighted by atomic mass is 19.2. The summed E-state index contributed by atoms with van der Waals surface area (Å²) in [6.45, 7) is 0. The van der Waals surface area contributed by atoms with Crippen molar-refractivity contribution in [1.82, 2.24) is 0 Å². The zero-order valence-electron chi connectivity index (χ0n) is 5.50. The van der Waals surface area contributed by atoms with Crippen LogP contribution in [-0.2, 0) is 4.79 Å². The van der Waals surface area contributed by atoms with Gasteiger partial charge in [0, 0.05) is 0 Å². The average molecular weight is 157 g/mol. The van der Waals surface area contributed by atoms with Crippen LogP contribution >= 0.6 is 0 Å². The third-order valence-corrected chi connectivity index (χ3v) is 1.32. The van der Waals surface area contributed by atoms with Gasteiger partial charge in [-0.15, -0.1) is 0 Å². The summed E-state index contributed by atoms with van der Waals surface area (Å²) in [7, 11) is 0. The minimum Gasteiger partial charge on any atom is -0.237 e. The predicted molar refractivity (Wildman–Crippen MR) is 35.1 cm³/mol. The lowest BCUT2D eigenvalue weighted by Gasteiger charge is -2.18. The summed E-state index contributed by atoms with van der Waals surface area (Å²) in [5.74, 6) is -2.55. The van der Waals surface area contributed by atoms with E-state index in [9.17, 15) is 13.6 Å². The molecule has 0 N–H and O–H groups in total. The Balaban J connectivity index is 2.94. The van der Waals surface area contributed by atoms with Crippen molar-refractivity contribution < 1.29 is 13.6 Å². The van der Waals surface area contributed by atoms with E-state index in [0.717, 1.165) is 18.2 Å².